The number of amides is 1. The lowest BCUT2D eigenvalue weighted by molar-refractivity contribution is -0.0498. The van der Waals surface area contributed by atoms with E-state index >= 15 is 0 Å². The Morgan fingerprint density at radius 1 is 0.913 bits per heavy atom. The van der Waals surface area contributed by atoms with Crippen LogP contribution in [0.5, 0.6) is 5.75 Å². The molecular weight excluding hydrogens is 315 g/mol. The first-order valence-electron chi connectivity index (χ1n) is 6.27. The third-order valence-electron chi connectivity index (χ3n) is 2.66. The standard InChI is InChI=1S/C15H10F3NO4/c16-11-5-1-10(2-6-11)14(21)23-19-13(20)9-3-7-12(8-4-9)22-15(17)18/h1-8,15H,(H,19,20). The van der Waals surface area contributed by atoms with Gasteiger partial charge in [-0.25, -0.2) is 9.18 Å². The SMILES string of the molecule is O=C(NOC(=O)c1ccc(F)cc1)c1ccc(OC(F)F)cc1. The van der Waals surface area contributed by atoms with Crippen molar-refractivity contribution in [3.63, 3.8) is 0 Å². The van der Waals surface area contributed by atoms with Gasteiger partial charge in [-0.2, -0.15) is 14.3 Å². The topological polar surface area (TPSA) is 64.6 Å². The minimum absolute atomic E-state index is 0.0485. The van der Waals surface area contributed by atoms with E-state index in [4.69, 9.17) is 0 Å². The van der Waals surface area contributed by atoms with Gasteiger partial charge in [0.05, 0.1) is 5.56 Å². The molecule has 0 atom stereocenters. The zero-order valence-electron chi connectivity index (χ0n) is 11.5. The minimum atomic E-state index is -2.97. The van der Waals surface area contributed by atoms with Gasteiger partial charge in [0.25, 0.3) is 5.91 Å². The van der Waals surface area contributed by atoms with Gasteiger partial charge in [-0.1, -0.05) is 0 Å². The first kappa shape index (κ1) is 16.3. The number of carbonyl (C=O) groups excluding carboxylic acids is 2. The van der Waals surface area contributed by atoms with Crippen LogP contribution in [0.15, 0.2) is 48.5 Å². The molecule has 0 aliphatic heterocycles. The van der Waals surface area contributed by atoms with Gasteiger partial charge in [-0.15, -0.1) is 0 Å². The highest BCUT2D eigenvalue weighted by molar-refractivity contribution is 5.96. The Kier molecular flexibility index (Phi) is 5.19. The quantitative estimate of drug-likeness (QED) is 0.878. The molecule has 0 spiro atoms. The maximum Gasteiger partial charge on any atom is 0.387 e. The molecule has 0 radical (unpaired) electrons. The van der Waals surface area contributed by atoms with Crippen molar-refractivity contribution in [1.82, 2.24) is 5.48 Å². The number of ether oxygens (including phenoxy) is 1. The molecule has 0 aromatic heterocycles. The summed E-state index contributed by atoms with van der Waals surface area (Å²) >= 11 is 0. The van der Waals surface area contributed by atoms with E-state index in [-0.39, 0.29) is 16.9 Å². The first-order chi connectivity index (χ1) is 11.0. The number of halogens is 3. The van der Waals surface area contributed by atoms with Gasteiger partial charge in [0.1, 0.15) is 11.6 Å². The van der Waals surface area contributed by atoms with E-state index in [1.807, 2.05) is 5.48 Å². The summed E-state index contributed by atoms with van der Waals surface area (Å²) in [5, 5.41) is 0. The van der Waals surface area contributed by atoms with Gasteiger partial charge >= 0.3 is 12.6 Å². The van der Waals surface area contributed by atoms with E-state index in [2.05, 4.69) is 9.57 Å². The number of alkyl halides is 2. The average molecular weight is 325 g/mol. The fourth-order valence-corrected chi connectivity index (χ4v) is 1.58. The predicted octanol–water partition coefficient (Wildman–Crippen LogP) is 2.93. The van der Waals surface area contributed by atoms with Gasteiger partial charge in [-0.05, 0) is 48.5 Å². The lowest BCUT2D eigenvalue weighted by Gasteiger charge is -2.07. The Bertz CT molecular complexity index is 687. The second kappa shape index (κ2) is 7.30. The van der Waals surface area contributed by atoms with Crippen LogP contribution >= 0.6 is 0 Å². The summed E-state index contributed by atoms with van der Waals surface area (Å²) in [5.74, 6) is -2.27. The summed E-state index contributed by atoms with van der Waals surface area (Å²) < 4.78 is 40.8. The number of hydrogen-bond donors (Lipinski definition) is 1. The molecule has 2 aromatic carbocycles. The zero-order valence-corrected chi connectivity index (χ0v) is 11.5. The summed E-state index contributed by atoms with van der Waals surface area (Å²) in [5.41, 5.74) is 2.02. The molecular formula is C15H10F3NO4. The normalized spacial score (nSPS) is 10.3. The van der Waals surface area contributed by atoms with Crippen molar-refractivity contribution in [1.29, 1.82) is 0 Å². The van der Waals surface area contributed by atoms with Crippen LogP contribution in [0, 0.1) is 5.82 Å². The van der Waals surface area contributed by atoms with Gasteiger partial charge in [0.15, 0.2) is 0 Å². The fraction of sp³-hybridized carbons (Fsp3) is 0.0667. The predicted molar refractivity (Wildman–Crippen MR) is 72.4 cm³/mol. The van der Waals surface area contributed by atoms with E-state index in [9.17, 15) is 22.8 Å². The smallest absolute Gasteiger partial charge is 0.387 e. The van der Waals surface area contributed by atoms with Crippen LogP contribution in [0.25, 0.3) is 0 Å². The Morgan fingerprint density at radius 2 is 1.48 bits per heavy atom. The lowest BCUT2D eigenvalue weighted by atomic mass is 10.2. The highest BCUT2D eigenvalue weighted by atomic mass is 19.3. The molecule has 0 bridgehead atoms. The Labute approximate surface area is 128 Å². The zero-order chi connectivity index (χ0) is 16.8. The second-order valence-corrected chi connectivity index (χ2v) is 4.23. The van der Waals surface area contributed by atoms with E-state index in [0.717, 1.165) is 12.1 Å². The van der Waals surface area contributed by atoms with Crippen molar-refractivity contribution in [2.24, 2.45) is 0 Å². The summed E-state index contributed by atoms with van der Waals surface area (Å²) in [6, 6.07) is 9.31. The van der Waals surface area contributed by atoms with Gasteiger partial charge in [0.2, 0.25) is 0 Å². The average Bonchev–Trinajstić information content (AvgIpc) is 2.53. The van der Waals surface area contributed by atoms with Crippen molar-refractivity contribution in [2.75, 3.05) is 0 Å². The molecule has 0 aliphatic carbocycles. The van der Waals surface area contributed by atoms with Gasteiger partial charge in [-0.3, -0.25) is 4.79 Å². The molecule has 0 aliphatic rings. The van der Waals surface area contributed by atoms with Crippen LogP contribution in [0.4, 0.5) is 13.2 Å². The summed E-state index contributed by atoms with van der Waals surface area (Å²) in [6.07, 6.45) is 0. The monoisotopic (exact) mass is 325 g/mol. The maximum absolute atomic E-state index is 12.7. The number of carbonyl (C=O) groups is 2. The van der Waals surface area contributed by atoms with Crippen molar-refractivity contribution in [3.05, 3.63) is 65.5 Å². The molecule has 23 heavy (non-hydrogen) atoms. The summed E-state index contributed by atoms with van der Waals surface area (Å²) in [7, 11) is 0. The molecule has 2 rings (SSSR count). The van der Waals surface area contributed by atoms with Crippen LogP contribution in [0.1, 0.15) is 20.7 Å². The minimum Gasteiger partial charge on any atom is -0.435 e. The number of hydroxylamine groups is 1. The van der Waals surface area contributed by atoms with Crippen LogP contribution in [-0.4, -0.2) is 18.5 Å². The number of hydrogen-bond acceptors (Lipinski definition) is 4. The van der Waals surface area contributed by atoms with Crippen molar-refractivity contribution >= 4 is 11.9 Å². The summed E-state index contributed by atoms with van der Waals surface area (Å²) in [6.45, 7) is -2.97. The van der Waals surface area contributed by atoms with E-state index in [1.54, 1.807) is 0 Å². The molecule has 8 heteroatoms. The Morgan fingerprint density at radius 3 is 2.04 bits per heavy atom. The highest BCUT2D eigenvalue weighted by Crippen LogP contribution is 2.14. The van der Waals surface area contributed by atoms with E-state index in [1.165, 1.54) is 36.4 Å². The molecule has 0 unspecified atom stereocenters. The molecule has 1 amide bonds. The van der Waals surface area contributed by atoms with Crippen LogP contribution in [-0.2, 0) is 4.84 Å². The molecule has 1 N–H and O–H groups in total. The number of benzene rings is 2. The Hall–Kier alpha value is -3.03. The molecule has 5 nitrogen and oxygen atoms in total. The van der Waals surface area contributed by atoms with Crippen LogP contribution in [0.3, 0.4) is 0 Å². The van der Waals surface area contributed by atoms with E-state index < -0.39 is 24.3 Å². The highest BCUT2D eigenvalue weighted by Gasteiger charge is 2.12. The molecule has 0 saturated carbocycles. The maximum atomic E-state index is 12.7. The van der Waals surface area contributed by atoms with E-state index in [0.29, 0.717) is 0 Å². The van der Waals surface area contributed by atoms with Crippen molar-refractivity contribution < 1.29 is 32.3 Å². The third kappa shape index (κ3) is 4.73. The third-order valence-corrected chi connectivity index (χ3v) is 2.66. The van der Waals surface area contributed by atoms with Crippen LogP contribution < -0.4 is 10.2 Å². The van der Waals surface area contributed by atoms with Crippen LogP contribution in [0.2, 0.25) is 0 Å². The van der Waals surface area contributed by atoms with Crippen molar-refractivity contribution in [3.8, 4) is 5.75 Å². The Balaban J connectivity index is 1.91. The lowest BCUT2D eigenvalue weighted by Crippen LogP contribution is -2.27. The second-order valence-electron chi connectivity index (χ2n) is 4.23. The fourth-order valence-electron chi connectivity index (χ4n) is 1.58. The van der Waals surface area contributed by atoms with Gasteiger partial charge in [0, 0.05) is 5.56 Å². The summed E-state index contributed by atoms with van der Waals surface area (Å²) in [4.78, 5) is 27.9. The molecule has 0 heterocycles. The first-order valence-corrected chi connectivity index (χ1v) is 6.27. The molecule has 0 fully saturated rings. The number of rotatable bonds is 4. The number of nitrogens with one attached hydrogen (secondary N) is 1. The molecule has 120 valence electrons. The largest absolute Gasteiger partial charge is 0.435 e. The van der Waals surface area contributed by atoms with Gasteiger partial charge < -0.3 is 9.57 Å². The molecule has 0 saturated heterocycles. The molecule has 2 aromatic rings. The van der Waals surface area contributed by atoms with Crippen molar-refractivity contribution in [2.45, 2.75) is 6.61 Å².